The fourth-order valence-electron chi connectivity index (χ4n) is 1.16. The minimum absolute atomic E-state index is 0.0164. The maximum absolute atomic E-state index is 11.7. The largest absolute Gasteiger partial charge is 0.389 e. The molecular weight excluding hydrogens is 202 g/mol. The van der Waals surface area contributed by atoms with E-state index in [-0.39, 0.29) is 5.91 Å². The molecule has 0 saturated carbocycles. The molecule has 16 heavy (non-hydrogen) atoms. The number of carbonyl (C=O) groups excluding carboxylic acids is 1. The summed E-state index contributed by atoms with van der Waals surface area (Å²) in [6.07, 6.45) is -0.479. The Morgan fingerprint density at radius 2 is 1.75 bits per heavy atom. The van der Waals surface area contributed by atoms with E-state index in [0.717, 1.165) is 11.3 Å². The monoisotopic (exact) mass is 221 g/mol. The number of anilines is 1. The van der Waals surface area contributed by atoms with Crippen LogP contribution in [0.1, 0.15) is 39.4 Å². The highest BCUT2D eigenvalue weighted by molar-refractivity contribution is 5.94. The quantitative estimate of drug-likeness (QED) is 0.806. The zero-order chi connectivity index (χ0) is 12.3. The van der Waals surface area contributed by atoms with Gasteiger partial charge in [0.25, 0.3) is 0 Å². The number of carbonyl (C=O) groups is 1. The van der Waals surface area contributed by atoms with Gasteiger partial charge in [0, 0.05) is 11.1 Å². The van der Waals surface area contributed by atoms with Crippen molar-refractivity contribution in [2.75, 3.05) is 5.32 Å². The second-order valence-corrected chi connectivity index (χ2v) is 5.00. The van der Waals surface area contributed by atoms with E-state index in [1.54, 1.807) is 19.1 Å². The highest BCUT2D eigenvalue weighted by Crippen LogP contribution is 2.19. The zero-order valence-electron chi connectivity index (χ0n) is 10.2. The van der Waals surface area contributed by atoms with Crippen molar-refractivity contribution in [3.05, 3.63) is 29.8 Å². The molecule has 0 aliphatic carbocycles. The van der Waals surface area contributed by atoms with Crippen LogP contribution in [0.2, 0.25) is 0 Å². The Morgan fingerprint density at radius 1 is 1.25 bits per heavy atom. The fraction of sp³-hybridized carbons (Fsp3) is 0.462. The van der Waals surface area contributed by atoms with Gasteiger partial charge in [0.15, 0.2) is 0 Å². The molecule has 0 saturated heterocycles. The van der Waals surface area contributed by atoms with Gasteiger partial charge in [-0.3, -0.25) is 4.79 Å². The summed E-state index contributed by atoms with van der Waals surface area (Å²) in [5, 5.41) is 12.2. The molecule has 1 unspecified atom stereocenters. The summed E-state index contributed by atoms with van der Waals surface area (Å²) >= 11 is 0. The van der Waals surface area contributed by atoms with Gasteiger partial charge in [-0.1, -0.05) is 32.9 Å². The first-order chi connectivity index (χ1) is 7.30. The Hall–Kier alpha value is -1.35. The molecule has 0 spiro atoms. The highest BCUT2D eigenvalue weighted by Gasteiger charge is 2.20. The van der Waals surface area contributed by atoms with Gasteiger partial charge >= 0.3 is 0 Å². The summed E-state index contributed by atoms with van der Waals surface area (Å²) in [4.78, 5) is 11.7. The Morgan fingerprint density at radius 3 is 2.12 bits per heavy atom. The van der Waals surface area contributed by atoms with Gasteiger partial charge in [-0.2, -0.15) is 0 Å². The van der Waals surface area contributed by atoms with Crippen molar-refractivity contribution < 1.29 is 9.90 Å². The van der Waals surface area contributed by atoms with Crippen LogP contribution >= 0.6 is 0 Å². The van der Waals surface area contributed by atoms with Gasteiger partial charge < -0.3 is 10.4 Å². The first-order valence-electron chi connectivity index (χ1n) is 5.40. The lowest BCUT2D eigenvalue weighted by Crippen LogP contribution is -2.27. The molecule has 0 radical (unpaired) electrons. The Kier molecular flexibility index (Phi) is 3.70. The van der Waals surface area contributed by atoms with E-state index < -0.39 is 11.5 Å². The first-order valence-corrected chi connectivity index (χ1v) is 5.40. The minimum Gasteiger partial charge on any atom is -0.389 e. The minimum atomic E-state index is -0.479. The molecule has 0 heterocycles. The van der Waals surface area contributed by atoms with Crippen molar-refractivity contribution in [1.82, 2.24) is 0 Å². The third kappa shape index (κ3) is 3.35. The lowest BCUT2D eigenvalue weighted by Gasteiger charge is -2.17. The van der Waals surface area contributed by atoms with Crippen molar-refractivity contribution in [3.63, 3.8) is 0 Å². The smallest absolute Gasteiger partial charge is 0.229 e. The molecule has 0 aromatic heterocycles. The molecule has 0 aliphatic rings. The molecule has 88 valence electrons. The second-order valence-electron chi connectivity index (χ2n) is 5.00. The second kappa shape index (κ2) is 4.66. The molecule has 1 atom stereocenters. The summed E-state index contributed by atoms with van der Waals surface area (Å²) in [6.45, 7) is 7.31. The van der Waals surface area contributed by atoms with Crippen LogP contribution < -0.4 is 5.32 Å². The molecule has 0 aliphatic heterocycles. The predicted molar refractivity (Wildman–Crippen MR) is 65.2 cm³/mol. The van der Waals surface area contributed by atoms with E-state index in [4.69, 9.17) is 0 Å². The molecular formula is C13H19NO2. The highest BCUT2D eigenvalue weighted by atomic mass is 16.3. The average Bonchev–Trinajstić information content (AvgIpc) is 2.17. The van der Waals surface area contributed by atoms with Crippen LogP contribution in [0, 0.1) is 5.41 Å². The van der Waals surface area contributed by atoms with Crippen LogP contribution in [0.3, 0.4) is 0 Å². The number of rotatable bonds is 2. The number of amides is 1. The number of hydrogen-bond donors (Lipinski definition) is 2. The van der Waals surface area contributed by atoms with Crippen LogP contribution in [-0.2, 0) is 4.79 Å². The number of hydrogen-bond acceptors (Lipinski definition) is 2. The van der Waals surface area contributed by atoms with Gasteiger partial charge in [-0.15, -0.1) is 0 Å². The van der Waals surface area contributed by atoms with Gasteiger partial charge in [-0.25, -0.2) is 0 Å². The van der Waals surface area contributed by atoms with E-state index in [1.165, 1.54) is 0 Å². The predicted octanol–water partition coefficient (Wildman–Crippen LogP) is 2.72. The Bertz CT molecular complexity index is 361. The standard InChI is InChI=1S/C13H19NO2/c1-9(15)10-5-7-11(8-6-10)14-12(16)13(2,3)4/h5-9,15H,1-4H3,(H,14,16). The molecule has 0 fully saturated rings. The van der Waals surface area contributed by atoms with Crippen molar-refractivity contribution in [1.29, 1.82) is 0 Å². The van der Waals surface area contributed by atoms with E-state index in [2.05, 4.69) is 5.32 Å². The summed E-state index contributed by atoms with van der Waals surface area (Å²) in [5.41, 5.74) is 1.20. The van der Waals surface area contributed by atoms with Crippen LogP contribution in [0.4, 0.5) is 5.69 Å². The van der Waals surface area contributed by atoms with E-state index in [0.29, 0.717) is 0 Å². The lowest BCUT2D eigenvalue weighted by atomic mass is 9.95. The number of benzene rings is 1. The van der Waals surface area contributed by atoms with Crippen LogP contribution in [-0.4, -0.2) is 11.0 Å². The van der Waals surface area contributed by atoms with Gasteiger partial charge in [0.1, 0.15) is 0 Å². The van der Waals surface area contributed by atoms with Crippen molar-refractivity contribution in [3.8, 4) is 0 Å². The first kappa shape index (κ1) is 12.7. The normalized spacial score (nSPS) is 13.3. The molecule has 0 bridgehead atoms. The molecule has 1 aromatic rings. The average molecular weight is 221 g/mol. The van der Waals surface area contributed by atoms with Crippen LogP contribution in [0.5, 0.6) is 0 Å². The van der Waals surface area contributed by atoms with E-state index >= 15 is 0 Å². The van der Waals surface area contributed by atoms with E-state index in [1.807, 2.05) is 32.9 Å². The number of aliphatic hydroxyl groups excluding tert-OH is 1. The molecule has 3 heteroatoms. The molecule has 2 N–H and O–H groups in total. The SMILES string of the molecule is CC(O)c1ccc(NC(=O)C(C)(C)C)cc1. The van der Waals surface area contributed by atoms with Gasteiger partial charge in [0.2, 0.25) is 5.91 Å². The molecule has 1 amide bonds. The third-order valence-corrected chi connectivity index (χ3v) is 2.33. The topological polar surface area (TPSA) is 49.3 Å². The molecule has 1 aromatic carbocycles. The van der Waals surface area contributed by atoms with Crippen molar-refractivity contribution in [2.24, 2.45) is 5.41 Å². The van der Waals surface area contributed by atoms with Crippen molar-refractivity contribution >= 4 is 11.6 Å². The third-order valence-electron chi connectivity index (χ3n) is 2.33. The lowest BCUT2D eigenvalue weighted by molar-refractivity contribution is -0.123. The maximum Gasteiger partial charge on any atom is 0.229 e. The van der Waals surface area contributed by atoms with E-state index in [9.17, 15) is 9.90 Å². The summed E-state index contributed by atoms with van der Waals surface area (Å²) < 4.78 is 0. The molecule has 3 nitrogen and oxygen atoms in total. The summed E-state index contributed by atoms with van der Waals surface area (Å²) in [7, 11) is 0. The summed E-state index contributed by atoms with van der Waals surface area (Å²) in [6, 6.07) is 7.21. The number of nitrogens with one attached hydrogen (secondary N) is 1. The van der Waals surface area contributed by atoms with Crippen LogP contribution in [0.15, 0.2) is 24.3 Å². The Labute approximate surface area is 96.5 Å². The molecule has 1 rings (SSSR count). The maximum atomic E-state index is 11.7. The van der Waals surface area contributed by atoms with Crippen molar-refractivity contribution in [2.45, 2.75) is 33.8 Å². The summed E-state index contributed by atoms with van der Waals surface area (Å²) in [5.74, 6) is -0.0164. The zero-order valence-corrected chi connectivity index (χ0v) is 10.2. The van der Waals surface area contributed by atoms with Gasteiger partial charge in [0.05, 0.1) is 6.10 Å². The van der Waals surface area contributed by atoms with Gasteiger partial charge in [-0.05, 0) is 24.6 Å². The number of aliphatic hydroxyl groups is 1. The Balaban J connectivity index is 2.73. The van der Waals surface area contributed by atoms with Crippen LogP contribution in [0.25, 0.3) is 0 Å². The fourth-order valence-corrected chi connectivity index (χ4v) is 1.16.